The fourth-order valence-electron chi connectivity index (χ4n) is 2.68. The van der Waals surface area contributed by atoms with Crippen LogP contribution in [-0.4, -0.2) is 34.9 Å². The van der Waals surface area contributed by atoms with Gasteiger partial charge in [-0.3, -0.25) is 9.48 Å². The van der Waals surface area contributed by atoms with E-state index in [9.17, 15) is 4.79 Å². The molecule has 0 bridgehead atoms. The number of aryl methyl sites for hydroxylation is 1. The van der Waals surface area contributed by atoms with Gasteiger partial charge in [0, 0.05) is 6.20 Å². The van der Waals surface area contributed by atoms with Gasteiger partial charge in [-0.2, -0.15) is 5.10 Å². The highest BCUT2D eigenvalue weighted by atomic mass is 35.5. The van der Waals surface area contributed by atoms with Crippen LogP contribution >= 0.6 is 11.6 Å². The molecule has 1 aromatic rings. The number of rotatable bonds is 4. The molecule has 1 N–H and O–H groups in total. The summed E-state index contributed by atoms with van der Waals surface area (Å²) in [6.45, 7) is 4.11. The lowest BCUT2D eigenvalue weighted by molar-refractivity contribution is -0.150. The summed E-state index contributed by atoms with van der Waals surface area (Å²) < 4.78 is 7.05. The van der Waals surface area contributed by atoms with Crippen molar-refractivity contribution in [2.75, 3.05) is 13.7 Å². The maximum Gasteiger partial charge on any atom is 0.326 e. The smallest absolute Gasteiger partial charge is 0.326 e. The third-order valence-corrected chi connectivity index (χ3v) is 4.24. The summed E-state index contributed by atoms with van der Waals surface area (Å²) in [5.41, 5.74) is 0.229. The van der Waals surface area contributed by atoms with Crippen molar-refractivity contribution in [1.82, 2.24) is 15.1 Å². The number of aromatic nitrogens is 2. The zero-order chi connectivity index (χ0) is 14.0. The number of ether oxygens (including phenoxy) is 1. The Morgan fingerprint density at radius 2 is 2.47 bits per heavy atom. The number of carbonyl (C=O) groups is 1. The topological polar surface area (TPSA) is 56.1 Å². The molecule has 0 aromatic carbocycles. The molecule has 2 unspecified atom stereocenters. The second-order valence-corrected chi connectivity index (χ2v) is 5.40. The highest BCUT2D eigenvalue weighted by molar-refractivity contribution is 6.31. The Bertz CT molecular complexity index is 455. The third-order valence-electron chi connectivity index (χ3n) is 3.86. The van der Waals surface area contributed by atoms with Gasteiger partial charge in [-0.25, -0.2) is 0 Å². The highest BCUT2D eigenvalue weighted by Crippen LogP contribution is 2.38. The number of halogens is 1. The van der Waals surface area contributed by atoms with Gasteiger partial charge in [0.2, 0.25) is 0 Å². The number of likely N-dealkylation sites (N-methyl/N-ethyl adjacent to an activating group) is 1. The van der Waals surface area contributed by atoms with Crippen LogP contribution in [0.3, 0.4) is 0 Å². The molecule has 6 heteroatoms. The fourth-order valence-corrected chi connectivity index (χ4v) is 2.81. The first-order valence-corrected chi connectivity index (χ1v) is 6.97. The first-order valence-electron chi connectivity index (χ1n) is 6.60. The molecular weight excluding hydrogens is 266 g/mol. The van der Waals surface area contributed by atoms with E-state index in [1.165, 1.54) is 0 Å². The lowest BCUT2D eigenvalue weighted by atomic mass is 9.98. The largest absolute Gasteiger partial charge is 0.465 e. The lowest BCUT2D eigenvalue weighted by Gasteiger charge is -2.26. The molecule has 0 radical (unpaired) electrons. The van der Waals surface area contributed by atoms with Crippen molar-refractivity contribution in [2.24, 2.45) is 0 Å². The van der Waals surface area contributed by atoms with Crippen LogP contribution in [0.2, 0.25) is 5.02 Å². The number of hydrogen-bond acceptors (Lipinski definition) is 4. The predicted molar refractivity (Wildman–Crippen MR) is 73.3 cm³/mol. The van der Waals surface area contributed by atoms with Crippen LogP contribution in [0.4, 0.5) is 0 Å². The Kier molecular flexibility index (Phi) is 4.16. The van der Waals surface area contributed by atoms with Crippen LogP contribution in [0.5, 0.6) is 0 Å². The zero-order valence-corrected chi connectivity index (χ0v) is 12.3. The molecule has 106 valence electrons. The van der Waals surface area contributed by atoms with Gasteiger partial charge in [-0.15, -0.1) is 0 Å². The maximum atomic E-state index is 12.1. The molecule has 1 aliphatic carbocycles. The van der Waals surface area contributed by atoms with Crippen LogP contribution < -0.4 is 5.32 Å². The van der Waals surface area contributed by atoms with Gasteiger partial charge in [0.1, 0.15) is 5.54 Å². The Hall–Kier alpha value is -1.07. The van der Waals surface area contributed by atoms with Crippen molar-refractivity contribution >= 4 is 17.6 Å². The summed E-state index contributed by atoms with van der Waals surface area (Å²) in [7, 11) is 1.81. The van der Waals surface area contributed by atoms with Gasteiger partial charge in [0.05, 0.1) is 23.4 Å². The van der Waals surface area contributed by atoms with Crippen LogP contribution in [0.25, 0.3) is 0 Å². The second kappa shape index (κ2) is 5.51. The minimum atomic E-state index is -0.590. The average molecular weight is 286 g/mol. The number of nitrogens with one attached hydrogen (secondary N) is 1. The Labute approximate surface area is 118 Å². The Morgan fingerprint density at radius 1 is 1.74 bits per heavy atom. The minimum Gasteiger partial charge on any atom is -0.465 e. The first-order chi connectivity index (χ1) is 9.02. The van der Waals surface area contributed by atoms with Crippen molar-refractivity contribution in [3.05, 3.63) is 16.9 Å². The molecule has 1 fully saturated rings. The Morgan fingerprint density at radius 3 is 3.00 bits per heavy atom. The van der Waals surface area contributed by atoms with E-state index in [4.69, 9.17) is 16.3 Å². The summed E-state index contributed by atoms with van der Waals surface area (Å²) in [4.78, 5) is 12.1. The van der Waals surface area contributed by atoms with E-state index in [1.807, 2.05) is 24.7 Å². The van der Waals surface area contributed by atoms with Gasteiger partial charge in [0.25, 0.3) is 0 Å². The second-order valence-electron chi connectivity index (χ2n) is 4.99. The van der Waals surface area contributed by atoms with E-state index < -0.39 is 5.54 Å². The minimum absolute atomic E-state index is 0.171. The first kappa shape index (κ1) is 14.3. The standard InChI is InChI=1S/C13H20ClN3O2/c1-4-19-12(18)13(15-3)6-5-10(7-13)17-8-11(14)9(2)16-17/h8,10,15H,4-7H2,1-3H3. The molecule has 0 spiro atoms. The molecule has 1 saturated carbocycles. The number of hydrogen-bond donors (Lipinski definition) is 1. The van der Waals surface area contributed by atoms with Gasteiger partial charge in [0.15, 0.2) is 0 Å². The molecule has 1 heterocycles. The van der Waals surface area contributed by atoms with Crippen molar-refractivity contribution in [3.63, 3.8) is 0 Å². The van der Waals surface area contributed by atoms with Gasteiger partial charge in [-0.05, 0) is 40.2 Å². The van der Waals surface area contributed by atoms with Gasteiger partial charge >= 0.3 is 5.97 Å². The van der Waals surface area contributed by atoms with Crippen molar-refractivity contribution < 1.29 is 9.53 Å². The molecular formula is C13H20ClN3O2. The molecule has 2 rings (SSSR count). The quantitative estimate of drug-likeness (QED) is 0.861. The van der Waals surface area contributed by atoms with Crippen molar-refractivity contribution in [3.8, 4) is 0 Å². The van der Waals surface area contributed by atoms with Crippen LogP contribution in [0.1, 0.15) is 37.9 Å². The zero-order valence-electron chi connectivity index (χ0n) is 11.6. The number of esters is 1. The Balaban J connectivity index is 2.15. The van der Waals surface area contributed by atoms with E-state index in [1.54, 1.807) is 7.05 Å². The van der Waals surface area contributed by atoms with E-state index in [2.05, 4.69) is 10.4 Å². The fraction of sp³-hybridized carbons (Fsp3) is 0.692. The highest BCUT2D eigenvalue weighted by Gasteiger charge is 2.46. The summed E-state index contributed by atoms with van der Waals surface area (Å²) in [5, 5.41) is 8.20. The predicted octanol–water partition coefficient (Wildman–Crippen LogP) is 2.09. The normalized spacial score (nSPS) is 26.6. The molecule has 2 atom stereocenters. The molecule has 0 amide bonds. The van der Waals surface area contributed by atoms with Crippen LogP contribution in [0, 0.1) is 6.92 Å². The molecule has 0 aliphatic heterocycles. The van der Waals surface area contributed by atoms with E-state index >= 15 is 0 Å². The molecule has 1 aromatic heterocycles. The van der Waals surface area contributed by atoms with E-state index in [-0.39, 0.29) is 12.0 Å². The molecule has 19 heavy (non-hydrogen) atoms. The van der Waals surface area contributed by atoms with E-state index in [0.717, 1.165) is 18.5 Å². The molecule has 1 aliphatic rings. The lowest BCUT2D eigenvalue weighted by Crippen LogP contribution is -2.49. The van der Waals surface area contributed by atoms with E-state index in [0.29, 0.717) is 18.1 Å². The third kappa shape index (κ3) is 2.62. The number of carbonyl (C=O) groups excluding carboxylic acids is 1. The van der Waals surface area contributed by atoms with Crippen LogP contribution in [-0.2, 0) is 9.53 Å². The molecule has 5 nitrogen and oxygen atoms in total. The van der Waals surface area contributed by atoms with Gasteiger partial charge < -0.3 is 10.1 Å². The summed E-state index contributed by atoms with van der Waals surface area (Å²) in [6.07, 6.45) is 4.15. The van der Waals surface area contributed by atoms with Crippen LogP contribution in [0.15, 0.2) is 6.20 Å². The molecule has 0 saturated heterocycles. The maximum absolute atomic E-state index is 12.1. The van der Waals surface area contributed by atoms with Crippen molar-refractivity contribution in [2.45, 2.75) is 44.7 Å². The summed E-state index contributed by atoms with van der Waals surface area (Å²) in [6, 6.07) is 0.183. The SMILES string of the molecule is CCOC(=O)C1(NC)CCC(n2cc(Cl)c(C)n2)C1. The monoisotopic (exact) mass is 285 g/mol. The van der Waals surface area contributed by atoms with Crippen molar-refractivity contribution in [1.29, 1.82) is 0 Å². The summed E-state index contributed by atoms with van der Waals surface area (Å²) in [5.74, 6) is -0.171. The number of nitrogens with zero attached hydrogens (tertiary/aromatic N) is 2. The summed E-state index contributed by atoms with van der Waals surface area (Å²) >= 11 is 6.03. The average Bonchev–Trinajstić information content (AvgIpc) is 2.96. The van der Waals surface area contributed by atoms with Gasteiger partial charge in [-0.1, -0.05) is 11.6 Å².